The van der Waals surface area contributed by atoms with Gasteiger partial charge in [0, 0.05) is 12.3 Å². The lowest BCUT2D eigenvalue weighted by Crippen LogP contribution is -2.55. The summed E-state index contributed by atoms with van der Waals surface area (Å²) in [5.74, 6) is -2.83. The van der Waals surface area contributed by atoms with E-state index in [1.165, 1.54) is 0 Å². The fourth-order valence-corrected chi connectivity index (χ4v) is 3.19. The van der Waals surface area contributed by atoms with Crippen molar-refractivity contribution in [1.29, 1.82) is 0 Å². The van der Waals surface area contributed by atoms with Gasteiger partial charge < -0.3 is 31.2 Å². The zero-order valence-electron chi connectivity index (χ0n) is 24.8. The van der Waals surface area contributed by atoms with E-state index in [9.17, 15) is 37.5 Å². The highest BCUT2D eigenvalue weighted by molar-refractivity contribution is 7.78. The van der Waals surface area contributed by atoms with Crippen LogP contribution in [0.4, 0.5) is 13.2 Å². The van der Waals surface area contributed by atoms with E-state index in [2.05, 4.69) is 53.9 Å². The van der Waals surface area contributed by atoms with Crippen LogP contribution in [0.2, 0.25) is 0 Å². The third-order valence-electron chi connectivity index (χ3n) is 5.19. The number of aliphatic hydroxyl groups excluding tert-OH is 1. The fourth-order valence-electron chi connectivity index (χ4n) is 3.07. The first-order valence-electron chi connectivity index (χ1n) is 12.6. The van der Waals surface area contributed by atoms with E-state index in [1.54, 1.807) is 39.4 Å². The molecule has 0 saturated carbocycles. The van der Waals surface area contributed by atoms with Gasteiger partial charge in [-0.1, -0.05) is 41.5 Å². The zero-order valence-corrected chi connectivity index (χ0v) is 26.7. The summed E-state index contributed by atoms with van der Waals surface area (Å²) in [4.78, 5) is 45.6. The molecule has 0 aromatic rings. The molecule has 3 amide bonds. The Balaban J connectivity index is -0.000000777. The van der Waals surface area contributed by atoms with Crippen LogP contribution in [0.5, 0.6) is 0 Å². The van der Waals surface area contributed by atoms with E-state index in [-0.39, 0.29) is 30.9 Å². The number of halogens is 3. The Bertz CT molecular complexity index is 816. The third-order valence-corrected chi connectivity index (χ3v) is 5.35. The summed E-state index contributed by atoms with van der Waals surface area (Å²) in [5, 5.41) is 20.4. The van der Waals surface area contributed by atoms with E-state index < -0.39 is 47.6 Å². The Hall–Kier alpha value is -1.84. The Morgan fingerprint density at radius 3 is 1.85 bits per heavy atom. The summed E-state index contributed by atoms with van der Waals surface area (Å²) >= 11 is 3.76. The number of amides is 3. The number of hydrogen-bond acceptors (Lipinski definition) is 8. The van der Waals surface area contributed by atoms with Crippen molar-refractivity contribution in [3.05, 3.63) is 0 Å². The van der Waals surface area contributed by atoms with Gasteiger partial charge in [-0.3, -0.25) is 14.4 Å². The first-order chi connectivity index (χ1) is 17.6. The first kappa shape index (κ1) is 42.6. The SMILES string of the molecule is CC(C)(C)[C@@H](C=O)NC(=O)C(F)(F)F.CN[C@@H](CC(C)(C)C)C(=O)NC(CC/C=N/S)C(O)C(=O)NC(C)C.S. The summed E-state index contributed by atoms with van der Waals surface area (Å²) in [6.07, 6.45) is -2.91. The van der Waals surface area contributed by atoms with Gasteiger partial charge in [0.05, 0.1) is 18.1 Å². The average molecular weight is 620 g/mol. The minimum absolute atomic E-state index is 0. The van der Waals surface area contributed by atoms with Gasteiger partial charge >= 0.3 is 12.1 Å². The van der Waals surface area contributed by atoms with Crippen LogP contribution in [-0.2, 0) is 19.2 Å². The van der Waals surface area contributed by atoms with Gasteiger partial charge in [-0.25, -0.2) is 4.40 Å². The van der Waals surface area contributed by atoms with E-state index in [0.717, 1.165) is 0 Å². The quantitative estimate of drug-likeness (QED) is 0.112. The van der Waals surface area contributed by atoms with Gasteiger partial charge in [-0.15, -0.1) is 0 Å². The maximum absolute atomic E-state index is 12.6. The van der Waals surface area contributed by atoms with E-state index in [4.69, 9.17) is 0 Å². The minimum atomic E-state index is -4.95. The van der Waals surface area contributed by atoms with Crippen LogP contribution in [0, 0.1) is 10.8 Å². The van der Waals surface area contributed by atoms with Crippen molar-refractivity contribution in [3.63, 3.8) is 0 Å². The van der Waals surface area contributed by atoms with Crippen LogP contribution in [-0.4, -0.2) is 78.8 Å². The number of hydrogen-bond donors (Lipinski definition) is 6. The molecular formula is C25H48F3N5O5S2. The fraction of sp³-hybridized carbons (Fsp3) is 0.800. The van der Waals surface area contributed by atoms with Crippen molar-refractivity contribution in [3.8, 4) is 0 Å². The second-order valence-corrected chi connectivity index (χ2v) is 11.9. The van der Waals surface area contributed by atoms with Crippen LogP contribution in [0.3, 0.4) is 0 Å². The lowest BCUT2D eigenvalue weighted by atomic mass is 9.87. The first-order valence-corrected chi connectivity index (χ1v) is 13.0. The van der Waals surface area contributed by atoms with Crippen LogP contribution in [0.15, 0.2) is 4.40 Å². The van der Waals surface area contributed by atoms with Gasteiger partial charge in [-0.05, 0) is 63.8 Å². The molecule has 0 fully saturated rings. The molecule has 0 heterocycles. The summed E-state index contributed by atoms with van der Waals surface area (Å²) in [6, 6.07) is -2.34. The molecule has 5 N–H and O–H groups in total. The van der Waals surface area contributed by atoms with Crippen molar-refractivity contribution in [2.45, 2.75) is 111 Å². The highest BCUT2D eigenvalue weighted by Crippen LogP contribution is 2.22. The van der Waals surface area contributed by atoms with Crippen LogP contribution >= 0.6 is 26.3 Å². The maximum atomic E-state index is 12.6. The standard InChI is InChI=1S/C17H34N4O3S.C8H12F3NO2.H2S/c1-11(2)20-16(24)14(22)12(8-7-9-19-25)21-15(23)13(18-6)10-17(3,4)5;1-7(2,3)5(4-13)12-6(14)8(9,10)11;/h9,11-14,18,22,25H,7-8,10H2,1-6H3,(H,20,24)(H,21,23);4-5H,1-3H3,(H,12,14);1H2/b19-9+;;/t12?,13-,14?;5-;/m01./s1. The van der Waals surface area contributed by atoms with E-state index in [0.29, 0.717) is 25.5 Å². The predicted molar refractivity (Wildman–Crippen MR) is 159 cm³/mol. The number of alkyl halides is 3. The van der Waals surface area contributed by atoms with Gasteiger partial charge in [0.15, 0.2) is 6.10 Å². The number of nitrogens with one attached hydrogen (secondary N) is 4. The Morgan fingerprint density at radius 1 is 0.975 bits per heavy atom. The number of carbonyl (C=O) groups excluding carboxylic acids is 4. The second-order valence-electron chi connectivity index (χ2n) is 11.7. The molecule has 0 saturated heterocycles. The number of aliphatic hydroxyl groups is 1. The molecule has 0 radical (unpaired) electrons. The maximum Gasteiger partial charge on any atom is 0.471 e. The van der Waals surface area contributed by atoms with Crippen molar-refractivity contribution in [2.75, 3.05) is 7.05 Å². The molecule has 10 nitrogen and oxygen atoms in total. The molecule has 0 spiro atoms. The number of rotatable bonds is 12. The molecule has 40 heavy (non-hydrogen) atoms. The third kappa shape index (κ3) is 19.3. The van der Waals surface area contributed by atoms with Crippen molar-refractivity contribution < 1.29 is 37.5 Å². The Kier molecular flexibility index (Phi) is 20.6. The number of carbonyl (C=O) groups is 4. The molecule has 236 valence electrons. The smallest absolute Gasteiger partial charge is 0.381 e. The Labute approximate surface area is 248 Å². The molecule has 0 aromatic heterocycles. The summed E-state index contributed by atoms with van der Waals surface area (Å²) in [6.45, 7) is 14.5. The van der Waals surface area contributed by atoms with Gasteiger partial charge in [0.1, 0.15) is 6.29 Å². The number of thiol groups is 1. The lowest BCUT2D eigenvalue weighted by molar-refractivity contribution is -0.175. The number of nitrogens with zero attached hydrogens (tertiary/aromatic N) is 1. The van der Waals surface area contributed by atoms with E-state index in [1.807, 2.05) is 13.8 Å². The molecule has 0 aliphatic carbocycles. The average Bonchev–Trinajstić information content (AvgIpc) is 2.77. The monoisotopic (exact) mass is 619 g/mol. The van der Waals surface area contributed by atoms with Gasteiger partial charge in [0.25, 0.3) is 5.91 Å². The second kappa shape index (κ2) is 19.3. The van der Waals surface area contributed by atoms with Crippen LogP contribution < -0.4 is 21.3 Å². The van der Waals surface area contributed by atoms with E-state index >= 15 is 0 Å². The van der Waals surface area contributed by atoms with Crippen molar-refractivity contribution >= 4 is 56.5 Å². The molecule has 0 aliphatic heterocycles. The molecule has 0 rings (SSSR count). The van der Waals surface area contributed by atoms with Gasteiger partial charge in [0.2, 0.25) is 5.91 Å². The zero-order chi connectivity index (χ0) is 31.2. The summed E-state index contributed by atoms with van der Waals surface area (Å²) in [5.41, 5.74) is -0.768. The molecule has 15 heteroatoms. The normalized spacial score (nSPS) is 15.1. The van der Waals surface area contributed by atoms with Crippen molar-refractivity contribution in [2.24, 2.45) is 15.2 Å². The number of aldehydes is 1. The highest BCUT2D eigenvalue weighted by atomic mass is 32.1. The number of likely N-dealkylation sites (N-methyl/N-ethyl adjacent to an activating group) is 1. The van der Waals surface area contributed by atoms with Gasteiger partial charge in [-0.2, -0.15) is 26.7 Å². The predicted octanol–water partition coefficient (Wildman–Crippen LogP) is 2.47. The Morgan fingerprint density at radius 2 is 1.50 bits per heavy atom. The topological polar surface area (TPSA) is 149 Å². The molecule has 0 aromatic carbocycles. The van der Waals surface area contributed by atoms with Crippen LogP contribution in [0.25, 0.3) is 0 Å². The molecule has 2 unspecified atom stereocenters. The lowest BCUT2D eigenvalue weighted by Gasteiger charge is -2.29. The molecule has 0 aliphatic rings. The molecule has 4 atom stereocenters. The summed E-state index contributed by atoms with van der Waals surface area (Å²) < 4.78 is 39.0. The minimum Gasteiger partial charge on any atom is -0.381 e. The van der Waals surface area contributed by atoms with Crippen molar-refractivity contribution in [1.82, 2.24) is 21.3 Å². The summed E-state index contributed by atoms with van der Waals surface area (Å²) in [7, 11) is 1.72. The largest absolute Gasteiger partial charge is 0.471 e. The highest BCUT2D eigenvalue weighted by Gasteiger charge is 2.41. The molecule has 0 bridgehead atoms. The van der Waals surface area contributed by atoms with Crippen LogP contribution in [0.1, 0.15) is 74.7 Å². The molecular weight excluding hydrogens is 571 g/mol.